The van der Waals surface area contributed by atoms with E-state index in [1.807, 2.05) is 42.4 Å². The number of anilines is 1. The Bertz CT molecular complexity index is 860. The number of fused-ring (bicyclic) bond motifs is 1. The minimum atomic E-state index is 0.162. The second-order valence-corrected chi connectivity index (χ2v) is 6.01. The molecule has 1 amide bonds. The second-order valence-electron chi connectivity index (χ2n) is 6.01. The molecule has 1 aliphatic heterocycles. The molecule has 124 valence electrons. The number of rotatable bonds is 3. The average Bonchev–Trinajstić information content (AvgIpc) is 3.22. The number of amides is 1. The number of aromatic nitrogens is 5. The van der Waals surface area contributed by atoms with Crippen LogP contribution in [0.3, 0.4) is 0 Å². The molecule has 8 heteroatoms. The molecule has 0 radical (unpaired) electrons. The molecule has 1 aliphatic rings. The summed E-state index contributed by atoms with van der Waals surface area (Å²) in [6.07, 6.45) is 2.36. The van der Waals surface area contributed by atoms with E-state index in [1.165, 1.54) is 0 Å². The van der Waals surface area contributed by atoms with Gasteiger partial charge in [-0.3, -0.25) is 4.79 Å². The van der Waals surface area contributed by atoms with Crippen LogP contribution in [-0.2, 0) is 18.3 Å². The molecule has 0 unspecified atom stereocenters. The minimum absolute atomic E-state index is 0.162. The number of hydrogen-bond acceptors (Lipinski definition) is 5. The summed E-state index contributed by atoms with van der Waals surface area (Å²) in [6.45, 7) is 2.86. The molecule has 1 saturated heterocycles. The first-order chi connectivity index (χ1) is 11.7. The Hall–Kier alpha value is -2.90. The van der Waals surface area contributed by atoms with Crippen LogP contribution in [0.2, 0.25) is 0 Å². The van der Waals surface area contributed by atoms with E-state index in [2.05, 4.69) is 25.4 Å². The first kappa shape index (κ1) is 14.7. The Morgan fingerprint density at radius 1 is 1.21 bits per heavy atom. The molecule has 1 aromatic carbocycles. The lowest BCUT2D eigenvalue weighted by atomic mass is 10.1. The summed E-state index contributed by atoms with van der Waals surface area (Å²) in [5.74, 6) is 0.911. The molecule has 0 spiro atoms. The number of piperazine rings is 1. The van der Waals surface area contributed by atoms with E-state index in [9.17, 15) is 4.79 Å². The van der Waals surface area contributed by atoms with E-state index in [1.54, 1.807) is 4.68 Å². The number of aromatic amines is 1. The number of tetrazole rings is 1. The maximum Gasteiger partial charge on any atom is 0.245 e. The molecule has 24 heavy (non-hydrogen) atoms. The number of aryl methyl sites for hydroxylation is 1. The Kier molecular flexibility index (Phi) is 3.64. The van der Waals surface area contributed by atoms with Gasteiger partial charge in [-0.15, -0.1) is 0 Å². The number of benzene rings is 1. The highest BCUT2D eigenvalue weighted by Gasteiger charge is 2.24. The third-order valence-electron chi connectivity index (χ3n) is 4.53. The van der Waals surface area contributed by atoms with Crippen LogP contribution in [-0.4, -0.2) is 62.2 Å². The fourth-order valence-electron chi connectivity index (χ4n) is 3.20. The summed E-state index contributed by atoms with van der Waals surface area (Å²) in [4.78, 5) is 19.9. The molecule has 0 aliphatic carbocycles. The highest BCUT2D eigenvalue weighted by Crippen LogP contribution is 2.19. The topological polar surface area (TPSA) is 82.9 Å². The fraction of sp³-hybridized carbons (Fsp3) is 0.375. The third kappa shape index (κ3) is 2.60. The smallest absolute Gasteiger partial charge is 0.245 e. The molecule has 0 saturated carbocycles. The van der Waals surface area contributed by atoms with Crippen LogP contribution < -0.4 is 4.90 Å². The molecule has 0 bridgehead atoms. The molecule has 3 heterocycles. The zero-order valence-corrected chi connectivity index (χ0v) is 13.5. The Morgan fingerprint density at radius 3 is 2.75 bits per heavy atom. The lowest BCUT2D eigenvalue weighted by molar-refractivity contribution is -0.130. The van der Waals surface area contributed by atoms with Crippen LogP contribution in [0, 0.1) is 0 Å². The standard InChI is InChI=1S/C16H19N7O/c1-21-16(18-19-20-21)23-8-6-22(7-9-23)15(24)10-12-11-17-14-5-3-2-4-13(12)14/h2-5,11,17H,6-10H2,1H3. The van der Waals surface area contributed by atoms with Gasteiger partial charge in [0.25, 0.3) is 0 Å². The maximum atomic E-state index is 12.6. The molecular formula is C16H19N7O. The maximum absolute atomic E-state index is 12.6. The van der Waals surface area contributed by atoms with Crippen LogP contribution >= 0.6 is 0 Å². The largest absolute Gasteiger partial charge is 0.361 e. The van der Waals surface area contributed by atoms with Gasteiger partial charge in [0.2, 0.25) is 11.9 Å². The zero-order valence-electron chi connectivity index (χ0n) is 13.5. The molecule has 8 nitrogen and oxygen atoms in total. The Labute approximate surface area is 139 Å². The van der Waals surface area contributed by atoms with Crippen molar-refractivity contribution in [3.05, 3.63) is 36.0 Å². The highest BCUT2D eigenvalue weighted by atomic mass is 16.2. The normalized spacial score (nSPS) is 15.2. The van der Waals surface area contributed by atoms with Crippen LogP contribution in [0.1, 0.15) is 5.56 Å². The van der Waals surface area contributed by atoms with E-state index >= 15 is 0 Å². The van der Waals surface area contributed by atoms with Gasteiger partial charge in [-0.1, -0.05) is 23.3 Å². The first-order valence-corrected chi connectivity index (χ1v) is 8.02. The van der Waals surface area contributed by atoms with Gasteiger partial charge in [-0.2, -0.15) is 0 Å². The molecule has 2 aromatic heterocycles. The molecule has 3 aromatic rings. The van der Waals surface area contributed by atoms with Gasteiger partial charge >= 0.3 is 0 Å². The Balaban J connectivity index is 1.40. The highest BCUT2D eigenvalue weighted by molar-refractivity contribution is 5.89. The number of carbonyl (C=O) groups is 1. The summed E-state index contributed by atoms with van der Waals surface area (Å²) >= 11 is 0. The Morgan fingerprint density at radius 2 is 2.00 bits per heavy atom. The quantitative estimate of drug-likeness (QED) is 0.762. The van der Waals surface area contributed by atoms with Gasteiger partial charge in [-0.05, 0) is 22.1 Å². The van der Waals surface area contributed by atoms with Gasteiger partial charge in [-0.25, -0.2) is 4.68 Å². The van der Waals surface area contributed by atoms with Gasteiger partial charge in [0.1, 0.15) is 0 Å². The van der Waals surface area contributed by atoms with Crippen molar-refractivity contribution in [3.8, 4) is 0 Å². The first-order valence-electron chi connectivity index (χ1n) is 8.02. The fourth-order valence-corrected chi connectivity index (χ4v) is 3.20. The van der Waals surface area contributed by atoms with E-state index < -0.39 is 0 Å². The van der Waals surface area contributed by atoms with E-state index in [0.29, 0.717) is 19.5 Å². The van der Waals surface area contributed by atoms with E-state index in [-0.39, 0.29) is 5.91 Å². The molecule has 0 atom stereocenters. The van der Waals surface area contributed by atoms with Gasteiger partial charge < -0.3 is 14.8 Å². The summed E-state index contributed by atoms with van der Waals surface area (Å²) in [7, 11) is 1.82. The zero-order chi connectivity index (χ0) is 16.5. The number of nitrogens with one attached hydrogen (secondary N) is 1. The van der Waals surface area contributed by atoms with Crippen molar-refractivity contribution in [2.45, 2.75) is 6.42 Å². The second kappa shape index (κ2) is 5.95. The summed E-state index contributed by atoms with van der Waals surface area (Å²) in [5.41, 5.74) is 2.12. The lowest BCUT2D eigenvalue weighted by Gasteiger charge is -2.34. The summed E-state index contributed by atoms with van der Waals surface area (Å²) in [5, 5.41) is 12.7. The van der Waals surface area contributed by atoms with E-state index in [4.69, 9.17) is 0 Å². The van der Waals surface area contributed by atoms with Crippen molar-refractivity contribution in [2.75, 3.05) is 31.1 Å². The summed E-state index contributed by atoms with van der Waals surface area (Å²) < 4.78 is 1.66. The van der Waals surface area contributed by atoms with Gasteiger partial charge in [0, 0.05) is 50.3 Å². The predicted octanol–water partition coefficient (Wildman–Crippen LogP) is 0.583. The lowest BCUT2D eigenvalue weighted by Crippen LogP contribution is -2.49. The number of hydrogen-bond donors (Lipinski definition) is 1. The minimum Gasteiger partial charge on any atom is -0.361 e. The van der Waals surface area contributed by atoms with Gasteiger partial charge in [0.15, 0.2) is 0 Å². The molecule has 1 fully saturated rings. The van der Waals surface area contributed by atoms with Crippen molar-refractivity contribution < 1.29 is 4.79 Å². The van der Waals surface area contributed by atoms with E-state index in [0.717, 1.165) is 35.5 Å². The predicted molar refractivity (Wildman–Crippen MR) is 89.6 cm³/mol. The van der Waals surface area contributed by atoms with Crippen LogP contribution in [0.5, 0.6) is 0 Å². The molecule has 1 N–H and O–H groups in total. The van der Waals surface area contributed by atoms with Crippen LogP contribution in [0.15, 0.2) is 30.5 Å². The van der Waals surface area contributed by atoms with Crippen LogP contribution in [0.4, 0.5) is 5.95 Å². The summed E-state index contributed by atoms with van der Waals surface area (Å²) in [6, 6.07) is 8.06. The molecular weight excluding hydrogens is 306 g/mol. The number of carbonyl (C=O) groups excluding carboxylic acids is 1. The SMILES string of the molecule is Cn1nnnc1N1CCN(C(=O)Cc2c[nH]c3ccccc23)CC1. The van der Waals surface area contributed by atoms with Crippen molar-refractivity contribution in [3.63, 3.8) is 0 Å². The number of H-pyrrole nitrogens is 1. The van der Waals surface area contributed by atoms with Crippen molar-refractivity contribution in [2.24, 2.45) is 7.05 Å². The number of para-hydroxylation sites is 1. The number of nitrogens with zero attached hydrogens (tertiary/aromatic N) is 6. The van der Waals surface area contributed by atoms with Crippen LogP contribution in [0.25, 0.3) is 10.9 Å². The monoisotopic (exact) mass is 325 g/mol. The van der Waals surface area contributed by atoms with Crippen molar-refractivity contribution in [1.29, 1.82) is 0 Å². The average molecular weight is 325 g/mol. The van der Waals surface area contributed by atoms with Gasteiger partial charge in [0.05, 0.1) is 6.42 Å². The van der Waals surface area contributed by atoms with Crippen molar-refractivity contribution in [1.82, 2.24) is 30.1 Å². The van der Waals surface area contributed by atoms with Crippen molar-refractivity contribution >= 4 is 22.8 Å². The molecule has 4 rings (SSSR count). The third-order valence-corrected chi connectivity index (χ3v) is 4.53.